The van der Waals surface area contributed by atoms with Gasteiger partial charge in [-0.3, -0.25) is 9.89 Å². The fraction of sp³-hybridized carbons (Fsp3) is 0.435. The molecule has 0 aromatic heterocycles. The summed E-state index contributed by atoms with van der Waals surface area (Å²) in [5.74, 6) is 1.50. The first-order chi connectivity index (χ1) is 14.1. The molecule has 1 atom stereocenters. The van der Waals surface area contributed by atoms with Crippen LogP contribution in [0.15, 0.2) is 59.6 Å². The number of hydrogen-bond donors (Lipinski definition) is 2. The van der Waals surface area contributed by atoms with Gasteiger partial charge in [0, 0.05) is 32.7 Å². The van der Waals surface area contributed by atoms with Gasteiger partial charge in [-0.1, -0.05) is 30.3 Å². The van der Waals surface area contributed by atoms with Gasteiger partial charge in [0.15, 0.2) is 5.96 Å². The second kappa shape index (κ2) is 12.7. The molecule has 0 spiro atoms. The Morgan fingerprint density at radius 2 is 1.80 bits per heavy atom. The van der Waals surface area contributed by atoms with Crippen LogP contribution in [0, 0.1) is 5.82 Å². The maximum absolute atomic E-state index is 13.0. The molecule has 164 valence electrons. The highest BCUT2D eigenvalue weighted by Crippen LogP contribution is 2.14. The van der Waals surface area contributed by atoms with Crippen LogP contribution in [-0.2, 0) is 6.54 Å². The summed E-state index contributed by atoms with van der Waals surface area (Å²) in [6.45, 7) is 5.62. The first kappa shape index (κ1) is 24.4. The third-order valence-electron chi connectivity index (χ3n) is 5.11. The van der Waals surface area contributed by atoms with E-state index in [1.807, 2.05) is 49.4 Å². The number of hydrogen-bond acceptors (Lipinski definition) is 3. The Balaban J connectivity index is 0.00000320. The van der Waals surface area contributed by atoms with Crippen LogP contribution in [0.1, 0.15) is 25.3 Å². The minimum Gasteiger partial charge on any atom is -0.489 e. The van der Waals surface area contributed by atoms with Crippen molar-refractivity contribution >= 4 is 29.9 Å². The molecule has 1 saturated heterocycles. The van der Waals surface area contributed by atoms with Crippen molar-refractivity contribution < 1.29 is 9.13 Å². The lowest BCUT2D eigenvalue weighted by atomic mass is 10.0. The summed E-state index contributed by atoms with van der Waals surface area (Å²) < 4.78 is 18.9. The van der Waals surface area contributed by atoms with Crippen LogP contribution in [-0.4, -0.2) is 49.7 Å². The molecule has 1 fully saturated rings. The smallest absolute Gasteiger partial charge is 0.191 e. The van der Waals surface area contributed by atoms with E-state index in [2.05, 4.69) is 20.5 Å². The third-order valence-corrected chi connectivity index (χ3v) is 5.11. The van der Waals surface area contributed by atoms with E-state index in [0.717, 1.165) is 49.7 Å². The zero-order chi connectivity index (χ0) is 20.5. The van der Waals surface area contributed by atoms with Gasteiger partial charge in [-0.2, -0.15) is 0 Å². The van der Waals surface area contributed by atoms with Crippen molar-refractivity contribution in [2.24, 2.45) is 4.99 Å². The minimum absolute atomic E-state index is 0. The molecule has 0 bridgehead atoms. The number of piperidine rings is 1. The van der Waals surface area contributed by atoms with Crippen molar-refractivity contribution in [1.29, 1.82) is 0 Å². The number of halogens is 2. The van der Waals surface area contributed by atoms with E-state index in [4.69, 9.17) is 4.74 Å². The molecule has 0 aliphatic carbocycles. The van der Waals surface area contributed by atoms with E-state index in [9.17, 15) is 4.39 Å². The van der Waals surface area contributed by atoms with Crippen LogP contribution in [0.4, 0.5) is 4.39 Å². The molecular formula is C23H32FIN4O. The normalized spacial score (nSPS) is 16.4. The van der Waals surface area contributed by atoms with Crippen LogP contribution in [0.3, 0.4) is 0 Å². The van der Waals surface area contributed by atoms with E-state index in [1.54, 1.807) is 7.05 Å². The highest BCUT2D eigenvalue weighted by atomic mass is 127. The van der Waals surface area contributed by atoms with Gasteiger partial charge in [0.2, 0.25) is 0 Å². The molecule has 2 aromatic carbocycles. The van der Waals surface area contributed by atoms with Crippen LogP contribution in [0.5, 0.6) is 5.75 Å². The van der Waals surface area contributed by atoms with Gasteiger partial charge >= 0.3 is 0 Å². The number of likely N-dealkylation sites (tertiary alicyclic amines) is 1. The van der Waals surface area contributed by atoms with Crippen molar-refractivity contribution in [2.45, 2.75) is 38.5 Å². The van der Waals surface area contributed by atoms with E-state index in [0.29, 0.717) is 12.6 Å². The summed E-state index contributed by atoms with van der Waals surface area (Å²) >= 11 is 0. The lowest BCUT2D eigenvalue weighted by Crippen LogP contribution is -2.49. The molecule has 3 rings (SSSR count). The molecule has 1 aliphatic rings. The number of para-hydroxylation sites is 1. The molecule has 0 radical (unpaired) electrons. The molecule has 1 unspecified atom stereocenters. The maximum Gasteiger partial charge on any atom is 0.191 e. The molecule has 0 amide bonds. The Morgan fingerprint density at radius 3 is 2.43 bits per heavy atom. The fourth-order valence-electron chi connectivity index (χ4n) is 3.48. The van der Waals surface area contributed by atoms with E-state index in [1.165, 1.54) is 12.1 Å². The number of benzene rings is 2. The van der Waals surface area contributed by atoms with Crippen LogP contribution in [0.2, 0.25) is 0 Å². The molecule has 0 saturated carbocycles. The quantitative estimate of drug-likeness (QED) is 0.325. The van der Waals surface area contributed by atoms with Gasteiger partial charge in [-0.15, -0.1) is 24.0 Å². The van der Waals surface area contributed by atoms with Gasteiger partial charge < -0.3 is 15.4 Å². The molecule has 30 heavy (non-hydrogen) atoms. The Hall–Kier alpha value is -1.87. The number of aliphatic imine (C=N–C) groups is 1. The number of nitrogens with zero attached hydrogens (tertiary/aromatic N) is 2. The summed E-state index contributed by atoms with van der Waals surface area (Å²) in [6, 6.07) is 17.0. The van der Waals surface area contributed by atoms with Crippen LogP contribution >= 0.6 is 24.0 Å². The Morgan fingerprint density at radius 1 is 1.13 bits per heavy atom. The molecule has 1 aliphatic heterocycles. The average Bonchev–Trinajstić information content (AvgIpc) is 2.74. The van der Waals surface area contributed by atoms with Crippen LogP contribution in [0.25, 0.3) is 0 Å². The largest absolute Gasteiger partial charge is 0.489 e. The molecular weight excluding hydrogens is 494 g/mol. The molecule has 2 aromatic rings. The summed E-state index contributed by atoms with van der Waals surface area (Å²) in [6.07, 6.45) is 2.14. The second-order valence-corrected chi connectivity index (χ2v) is 7.52. The monoisotopic (exact) mass is 526 g/mol. The van der Waals surface area contributed by atoms with E-state index in [-0.39, 0.29) is 35.9 Å². The van der Waals surface area contributed by atoms with Crippen molar-refractivity contribution in [1.82, 2.24) is 15.5 Å². The fourth-order valence-corrected chi connectivity index (χ4v) is 3.48. The van der Waals surface area contributed by atoms with Crippen molar-refractivity contribution in [3.05, 3.63) is 66.0 Å². The van der Waals surface area contributed by atoms with Crippen molar-refractivity contribution in [3.8, 4) is 5.75 Å². The standard InChI is InChI=1S/C23H31FN4O.HI/c1-18(29-22-6-4-3-5-7-22)16-26-23(25-2)27-21-12-14-28(15-13-21)17-19-8-10-20(24)11-9-19;/h3-11,18,21H,12-17H2,1-2H3,(H2,25,26,27);1H. The zero-order valence-electron chi connectivity index (χ0n) is 17.7. The van der Waals surface area contributed by atoms with Gasteiger partial charge in [0.25, 0.3) is 0 Å². The predicted molar refractivity (Wildman–Crippen MR) is 131 cm³/mol. The number of guanidine groups is 1. The van der Waals surface area contributed by atoms with Crippen molar-refractivity contribution in [3.63, 3.8) is 0 Å². The van der Waals surface area contributed by atoms with Gasteiger partial charge in [-0.25, -0.2) is 4.39 Å². The molecule has 2 N–H and O–H groups in total. The van der Waals surface area contributed by atoms with E-state index >= 15 is 0 Å². The molecule has 1 heterocycles. The lowest BCUT2D eigenvalue weighted by molar-refractivity contribution is 0.197. The second-order valence-electron chi connectivity index (χ2n) is 7.52. The van der Waals surface area contributed by atoms with Gasteiger partial charge in [0.05, 0.1) is 6.54 Å². The lowest BCUT2D eigenvalue weighted by Gasteiger charge is -2.33. The van der Waals surface area contributed by atoms with Gasteiger partial charge in [-0.05, 0) is 49.6 Å². The first-order valence-electron chi connectivity index (χ1n) is 10.3. The predicted octanol–water partition coefficient (Wildman–Crippen LogP) is 4.04. The first-order valence-corrected chi connectivity index (χ1v) is 10.3. The Labute approximate surface area is 196 Å². The van der Waals surface area contributed by atoms with Crippen molar-refractivity contribution in [2.75, 3.05) is 26.7 Å². The highest BCUT2D eigenvalue weighted by Gasteiger charge is 2.20. The van der Waals surface area contributed by atoms with Crippen LogP contribution < -0.4 is 15.4 Å². The highest BCUT2D eigenvalue weighted by molar-refractivity contribution is 14.0. The summed E-state index contributed by atoms with van der Waals surface area (Å²) in [5.41, 5.74) is 1.16. The Kier molecular flexibility index (Phi) is 10.4. The summed E-state index contributed by atoms with van der Waals surface area (Å²) in [4.78, 5) is 6.76. The summed E-state index contributed by atoms with van der Waals surface area (Å²) in [7, 11) is 1.79. The number of rotatable bonds is 7. The third kappa shape index (κ3) is 8.10. The maximum atomic E-state index is 13.0. The summed E-state index contributed by atoms with van der Waals surface area (Å²) in [5, 5.41) is 6.88. The number of nitrogens with one attached hydrogen (secondary N) is 2. The van der Waals surface area contributed by atoms with E-state index < -0.39 is 0 Å². The SMILES string of the molecule is CN=C(NCC(C)Oc1ccccc1)NC1CCN(Cc2ccc(F)cc2)CC1.I. The molecule has 7 heteroatoms. The minimum atomic E-state index is -0.181. The van der Waals surface area contributed by atoms with Gasteiger partial charge in [0.1, 0.15) is 17.7 Å². The molecule has 5 nitrogen and oxygen atoms in total. The number of ether oxygens (including phenoxy) is 1. The zero-order valence-corrected chi connectivity index (χ0v) is 20.0. The average molecular weight is 526 g/mol. The Bertz CT molecular complexity index is 765. The topological polar surface area (TPSA) is 48.9 Å².